The van der Waals surface area contributed by atoms with E-state index in [0.29, 0.717) is 6.04 Å². The lowest BCUT2D eigenvalue weighted by molar-refractivity contribution is 0.0768. The Morgan fingerprint density at radius 1 is 1.62 bits per heavy atom. The monoisotopic (exact) mass is 242 g/mol. The summed E-state index contributed by atoms with van der Waals surface area (Å²) >= 11 is 3.35. The van der Waals surface area contributed by atoms with Gasteiger partial charge in [-0.1, -0.05) is 0 Å². The van der Waals surface area contributed by atoms with Crippen LogP contribution in [0.5, 0.6) is 0 Å². The number of morpholine rings is 1. The lowest BCUT2D eigenvalue weighted by Crippen LogP contribution is -2.34. The molecule has 0 aromatic carbocycles. The van der Waals surface area contributed by atoms with Crippen molar-refractivity contribution in [2.24, 2.45) is 0 Å². The van der Waals surface area contributed by atoms with E-state index in [4.69, 9.17) is 4.74 Å². The van der Waals surface area contributed by atoms with Gasteiger partial charge in [-0.05, 0) is 33.6 Å². The van der Waals surface area contributed by atoms with Crippen molar-refractivity contribution in [2.75, 3.05) is 19.8 Å². The molecule has 70 valence electrons. The molecule has 0 radical (unpaired) electrons. The van der Waals surface area contributed by atoms with Crippen LogP contribution < -0.4 is 5.32 Å². The van der Waals surface area contributed by atoms with Crippen molar-refractivity contribution >= 4 is 15.9 Å². The number of pyridine rings is 1. The van der Waals surface area contributed by atoms with Crippen molar-refractivity contribution < 1.29 is 4.74 Å². The summed E-state index contributed by atoms with van der Waals surface area (Å²) in [5.41, 5.74) is 1.22. The van der Waals surface area contributed by atoms with Crippen LogP contribution in [0.25, 0.3) is 0 Å². The summed E-state index contributed by atoms with van der Waals surface area (Å²) in [5.74, 6) is 0. The van der Waals surface area contributed by atoms with E-state index in [0.717, 1.165) is 24.4 Å². The quantitative estimate of drug-likeness (QED) is 0.759. The van der Waals surface area contributed by atoms with Crippen LogP contribution in [-0.4, -0.2) is 24.7 Å². The first kappa shape index (κ1) is 9.12. The highest BCUT2D eigenvalue weighted by molar-refractivity contribution is 9.10. The Balaban J connectivity index is 2.14. The minimum absolute atomic E-state index is 0.313. The van der Waals surface area contributed by atoms with Crippen molar-refractivity contribution in [3.05, 3.63) is 28.5 Å². The maximum atomic E-state index is 5.38. The zero-order valence-corrected chi connectivity index (χ0v) is 8.75. The Morgan fingerprint density at radius 2 is 2.54 bits per heavy atom. The summed E-state index contributed by atoms with van der Waals surface area (Å²) in [4.78, 5) is 4.08. The van der Waals surface area contributed by atoms with Crippen molar-refractivity contribution in [1.29, 1.82) is 0 Å². The van der Waals surface area contributed by atoms with Gasteiger partial charge >= 0.3 is 0 Å². The van der Waals surface area contributed by atoms with Crippen LogP contribution in [0, 0.1) is 0 Å². The number of ether oxygens (including phenoxy) is 1. The molecule has 1 saturated heterocycles. The second-order valence-corrected chi connectivity index (χ2v) is 3.81. The number of rotatable bonds is 1. The molecule has 0 spiro atoms. The number of halogens is 1. The van der Waals surface area contributed by atoms with Gasteiger partial charge in [0.1, 0.15) is 4.60 Å². The summed E-state index contributed by atoms with van der Waals surface area (Å²) in [6, 6.07) is 4.34. The van der Waals surface area contributed by atoms with Gasteiger partial charge in [-0.25, -0.2) is 4.98 Å². The average molecular weight is 243 g/mol. The molecule has 3 nitrogen and oxygen atoms in total. The highest BCUT2D eigenvalue weighted by Gasteiger charge is 2.14. The van der Waals surface area contributed by atoms with E-state index in [1.54, 1.807) is 6.20 Å². The molecule has 1 atom stereocenters. The molecule has 1 N–H and O–H groups in total. The Morgan fingerprint density at radius 3 is 3.23 bits per heavy atom. The maximum Gasteiger partial charge on any atom is 0.106 e. The van der Waals surface area contributed by atoms with Crippen LogP contribution >= 0.6 is 15.9 Å². The lowest BCUT2D eigenvalue weighted by atomic mass is 10.1. The van der Waals surface area contributed by atoms with E-state index < -0.39 is 0 Å². The third-order valence-electron chi connectivity index (χ3n) is 2.07. The van der Waals surface area contributed by atoms with Gasteiger partial charge in [0.2, 0.25) is 0 Å². The van der Waals surface area contributed by atoms with E-state index in [-0.39, 0.29) is 0 Å². The summed E-state index contributed by atoms with van der Waals surface area (Å²) in [6.07, 6.45) is 1.80. The van der Waals surface area contributed by atoms with Gasteiger partial charge < -0.3 is 10.1 Å². The van der Waals surface area contributed by atoms with E-state index in [1.807, 2.05) is 12.1 Å². The molecule has 1 aromatic rings. The number of nitrogens with zero attached hydrogens (tertiary/aromatic N) is 1. The van der Waals surface area contributed by atoms with E-state index >= 15 is 0 Å². The van der Waals surface area contributed by atoms with E-state index in [1.165, 1.54) is 5.56 Å². The fourth-order valence-corrected chi connectivity index (χ4v) is 1.80. The molecule has 0 bridgehead atoms. The number of aromatic nitrogens is 1. The number of hydrogen-bond acceptors (Lipinski definition) is 3. The summed E-state index contributed by atoms with van der Waals surface area (Å²) in [7, 11) is 0. The van der Waals surface area contributed by atoms with Crippen LogP contribution in [0.1, 0.15) is 11.6 Å². The molecule has 0 unspecified atom stereocenters. The Bertz CT molecular complexity index is 287. The first-order chi connectivity index (χ1) is 6.36. The molecule has 1 aliphatic rings. The van der Waals surface area contributed by atoms with E-state index in [9.17, 15) is 0 Å². The SMILES string of the molecule is Brc1cc([C@H]2COCCN2)ccn1. The highest BCUT2D eigenvalue weighted by atomic mass is 79.9. The molecule has 0 saturated carbocycles. The van der Waals surface area contributed by atoms with Gasteiger partial charge in [0.15, 0.2) is 0 Å². The minimum Gasteiger partial charge on any atom is -0.378 e. The second-order valence-electron chi connectivity index (χ2n) is 2.99. The number of nitrogens with one attached hydrogen (secondary N) is 1. The molecular weight excluding hydrogens is 232 g/mol. The lowest BCUT2D eigenvalue weighted by Gasteiger charge is -2.23. The Kier molecular flexibility index (Phi) is 2.93. The van der Waals surface area contributed by atoms with Crippen LogP contribution in [0.4, 0.5) is 0 Å². The largest absolute Gasteiger partial charge is 0.378 e. The average Bonchev–Trinajstić information content (AvgIpc) is 2.19. The van der Waals surface area contributed by atoms with E-state index in [2.05, 4.69) is 26.2 Å². The molecule has 1 aliphatic heterocycles. The van der Waals surface area contributed by atoms with Crippen molar-refractivity contribution in [1.82, 2.24) is 10.3 Å². The topological polar surface area (TPSA) is 34.1 Å². The summed E-state index contributed by atoms with van der Waals surface area (Å²) in [5, 5.41) is 3.39. The fourth-order valence-electron chi connectivity index (χ4n) is 1.41. The minimum atomic E-state index is 0.313. The second kappa shape index (κ2) is 4.17. The van der Waals surface area contributed by atoms with Crippen LogP contribution in [0.3, 0.4) is 0 Å². The Hall–Kier alpha value is -0.450. The van der Waals surface area contributed by atoms with Crippen LogP contribution in [-0.2, 0) is 4.74 Å². The molecule has 2 rings (SSSR count). The highest BCUT2D eigenvalue weighted by Crippen LogP contribution is 2.17. The first-order valence-electron chi connectivity index (χ1n) is 4.29. The first-order valence-corrected chi connectivity index (χ1v) is 5.08. The van der Waals surface area contributed by atoms with Gasteiger partial charge in [-0.2, -0.15) is 0 Å². The third kappa shape index (κ3) is 2.27. The van der Waals surface area contributed by atoms with Gasteiger partial charge in [0, 0.05) is 12.7 Å². The summed E-state index contributed by atoms with van der Waals surface area (Å²) in [6.45, 7) is 2.48. The fraction of sp³-hybridized carbons (Fsp3) is 0.444. The van der Waals surface area contributed by atoms with Gasteiger partial charge in [-0.3, -0.25) is 0 Å². The van der Waals surface area contributed by atoms with Gasteiger partial charge in [-0.15, -0.1) is 0 Å². The molecule has 2 heterocycles. The molecule has 0 aliphatic carbocycles. The summed E-state index contributed by atoms with van der Waals surface area (Å²) < 4.78 is 6.25. The normalized spacial score (nSPS) is 23.0. The number of hydrogen-bond donors (Lipinski definition) is 1. The van der Waals surface area contributed by atoms with Gasteiger partial charge in [0.05, 0.1) is 19.3 Å². The molecule has 1 fully saturated rings. The van der Waals surface area contributed by atoms with Crippen molar-refractivity contribution in [3.8, 4) is 0 Å². The molecule has 0 amide bonds. The van der Waals surface area contributed by atoms with Gasteiger partial charge in [0.25, 0.3) is 0 Å². The molecule has 13 heavy (non-hydrogen) atoms. The smallest absolute Gasteiger partial charge is 0.106 e. The zero-order chi connectivity index (χ0) is 9.10. The molecular formula is C9H11BrN2O. The molecule has 1 aromatic heterocycles. The predicted octanol–water partition coefficient (Wildman–Crippen LogP) is 1.50. The third-order valence-corrected chi connectivity index (χ3v) is 2.51. The van der Waals surface area contributed by atoms with Crippen molar-refractivity contribution in [2.45, 2.75) is 6.04 Å². The predicted molar refractivity (Wildman–Crippen MR) is 53.5 cm³/mol. The zero-order valence-electron chi connectivity index (χ0n) is 7.16. The molecule has 4 heteroatoms. The maximum absolute atomic E-state index is 5.38. The van der Waals surface area contributed by atoms with Crippen LogP contribution in [0.15, 0.2) is 22.9 Å². The van der Waals surface area contributed by atoms with Crippen LogP contribution in [0.2, 0.25) is 0 Å². The Labute approximate surface area is 85.6 Å². The standard InChI is InChI=1S/C9H11BrN2O/c10-9-5-7(1-2-12-9)8-6-13-4-3-11-8/h1-2,5,8,11H,3-4,6H2/t8-/m1/s1. The van der Waals surface area contributed by atoms with Crippen molar-refractivity contribution in [3.63, 3.8) is 0 Å².